The van der Waals surface area contributed by atoms with E-state index in [-0.39, 0.29) is 20.4 Å². The van der Waals surface area contributed by atoms with Gasteiger partial charge in [0.25, 0.3) is 0 Å². The maximum atomic E-state index is 11.5. The van der Waals surface area contributed by atoms with Gasteiger partial charge in [0.05, 0.1) is 36.6 Å². The summed E-state index contributed by atoms with van der Waals surface area (Å²) in [5.41, 5.74) is 1.58. The third kappa shape index (κ3) is 6.17. The van der Waals surface area contributed by atoms with E-state index in [4.69, 9.17) is 5.11 Å². The molecule has 0 unspecified atom stereocenters. The van der Waals surface area contributed by atoms with Gasteiger partial charge in [0, 0.05) is 4.91 Å². The lowest BCUT2D eigenvalue weighted by Crippen LogP contribution is -2.11. The number of aromatic nitrogens is 4. The van der Waals surface area contributed by atoms with Gasteiger partial charge in [-0.2, -0.15) is 10.2 Å². The fraction of sp³-hybridized carbons (Fsp3) is 0.0833. The number of rotatable bonds is 12. The van der Waals surface area contributed by atoms with E-state index in [0.29, 0.717) is 31.7 Å². The van der Waals surface area contributed by atoms with Crippen molar-refractivity contribution in [1.29, 1.82) is 0 Å². The number of aliphatic carboxylic acids is 3. The summed E-state index contributed by atoms with van der Waals surface area (Å²) in [6.45, 7) is 6.37. The quantitative estimate of drug-likeness (QED) is 0.173. The van der Waals surface area contributed by atoms with Crippen LogP contribution in [0.3, 0.4) is 0 Å². The molecule has 0 aliphatic carbocycles. The fourth-order valence-electron chi connectivity index (χ4n) is 3.43. The van der Waals surface area contributed by atoms with Gasteiger partial charge in [0.15, 0.2) is 0 Å². The van der Waals surface area contributed by atoms with Gasteiger partial charge >= 0.3 is 23.9 Å². The predicted molar refractivity (Wildman–Crippen MR) is 146 cm³/mol. The number of hydrogen-bond donors (Lipinski definition) is 4. The summed E-state index contributed by atoms with van der Waals surface area (Å²) < 4.78 is 2.55. The summed E-state index contributed by atoms with van der Waals surface area (Å²) in [7, 11) is 0. The number of hydrogen-bond acceptors (Lipinski definition) is 9. The minimum Gasteiger partial charge on any atom is -0.480 e. The van der Waals surface area contributed by atoms with Crippen molar-refractivity contribution >= 4 is 63.2 Å². The number of carboxylic acids is 4. The Hall–Kier alpha value is -4.47. The van der Waals surface area contributed by atoms with Crippen molar-refractivity contribution in [3.63, 3.8) is 0 Å². The van der Waals surface area contributed by atoms with Crippen molar-refractivity contribution in [2.75, 3.05) is 0 Å². The molecular formula is C24H18N4O8S3. The van der Waals surface area contributed by atoms with E-state index < -0.39 is 37.0 Å². The van der Waals surface area contributed by atoms with Gasteiger partial charge in [-0.25, -0.2) is 9.59 Å². The van der Waals surface area contributed by atoms with Crippen molar-refractivity contribution in [1.82, 2.24) is 19.6 Å². The van der Waals surface area contributed by atoms with E-state index in [1.807, 2.05) is 0 Å². The van der Waals surface area contributed by atoms with Crippen LogP contribution in [0.15, 0.2) is 54.5 Å². The summed E-state index contributed by atoms with van der Waals surface area (Å²) in [5, 5.41) is 45.7. The molecule has 0 aliphatic heterocycles. The van der Waals surface area contributed by atoms with Crippen molar-refractivity contribution in [3.05, 3.63) is 65.0 Å². The maximum Gasteiger partial charge on any atom is 0.345 e. The number of aromatic carboxylic acids is 1. The monoisotopic (exact) mass is 586 g/mol. The van der Waals surface area contributed by atoms with Crippen LogP contribution in [0.2, 0.25) is 0 Å². The van der Waals surface area contributed by atoms with E-state index in [0.717, 1.165) is 23.1 Å². The molecule has 0 saturated heterocycles. The molecule has 0 aliphatic rings. The Morgan fingerprint density at radius 2 is 1.36 bits per heavy atom. The Bertz CT molecular complexity index is 1660. The van der Waals surface area contributed by atoms with Crippen LogP contribution in [0.25, 0.3) is 36.6 Å². The van der Waals surface area contributed by atoms with E-state index in [2.05, 4.69) is 23.4 Å². The molecule has 0 bridgehead atoms. The molecule has 0 saturated carbocycles. The zero-order valence-electron chi connectivity index (χ0n) is 19.7. The topological polar surface area (TPSA) is 185 Å². The van der Waals surface area contributed by atoms with Crippen LogP contribution < -0.4 is 0 Å². The second-order valence-corrected chi connectivity index (χ2v) is 11.2. The molecule has 0 radical (unpaired) electrons. The number of nitrogens with zero attached hydrogens (tertiary/aromatic N) is 4. The van der Waals surface area contributed by atoms with Crippen LogP contribution in [0.4, 0.5) is 0 Å². The molecule has 200 valence electrons. The Balaban J connectivity index is 1.73. The van der Waals surface area contributed by atoms with Gasteiger partial charge in [0.2, 0.25) is 0 Å². The van der Waals surface area contributed by atoms with Gasteiger partial charge < -0.3 is 20.4 Å². The number of thiophene rings is 2. The van der Waals surface area contributed by atoms with Crippen molar-refractivity contribution in [2.24, 2.45) is 0 Å². The van der Waals surface area contributed by atoms with E-state index in [9.17, 15) is 34.5 Å². The molecular weight excluding hydrogens is 568 g/mol. The molecule has 0 amide bonds. The standard InChI is InChI=1S/C24H18N4O8S3/c1-11(37-12(2)23(33)34)13-7-15(27(25-13)9-21(29)30)18-4-5-19(39-18)16-8-14(26-28(16)10-22(31)32)17-3-6-20(38-17)24(35)36/h3-8H,1-2,9-10H2,(H,29,30)(H,31,32)(H,33,34)(H,35,36). The lowest BCUT2D eigenvalue weighted by Gasteiger charge is -2.03. The van der Waals surface area contributed by atoms with Crippen molar-refractivity contribution in [3.8, 4) is 31.7 Å². The SMILES string of the molecule is C=C(SC(=C)c1cc(-c2ccc(-c3cc(-c4ccc(C(=O)O)s4)nn3CC(=O)O)s2)n(CC(=O)O)n1)C(=O)O. The van der Waals surface area contributed by atoms with Gasteiger partial charge in [-0.1, -0.05) is 24.9 Å². The number of thioether (sulfide) groups is 1. The zero-order chi connectivity index (χ0) is 28.4. The van der Waals surface area contributed by atoms with Crippen molar-refractivity contribution < 1.29 is 39.6 Å². The van der Waals surface area contributed by atoms with Crippen LogP contribution in [0.5, 0.6) is 0 Å². The Labute approximate surface area is 231 Å². The average molecular weight is 587 g/mol. The average Bonchev–Trinajstić information content (AvgIpc) is 3.63. The largest absolute Gasteiger partial charge is 0.480 e. The first-order valence-corrected chi connectivity index (χ1v) is 13.2. The molecule has 15 heteroatoms. The van der Waals surface area contributed by atoms with Crippen LogP contribution in [0, 0.1) is 0 Å². The molecule has 4 N–H and O–H groups in total. The Kier molecular flexibility index (Phi) is 7.85. The minimum atomic E-state index is -1.21. The smallest absolute Gasteiger partial charge is 0.345 e. The molecule has 0 atom stereocenters. The molecule has 4 aromatic rings. The van der Waals surface area contributed by atoms with Crippen LogP contribution in [-0.2, 0) is 27.5 Å². The molecule has 4 heterocycles. The predicted octanol–water partition coefficient (Wildman–Crippen LogP) is 4.37. The zero-order valence-corrected chi connectivity index (χ0v) is 22.2. The summed E-state index contributed by atoms with van der Waals surface area (Å²) in [4.78, 5) is 47.4. The third-order valence-electron chi connectivity index (χ3n) is 5.08. The lowest BCUT2D eigenvalue weighted by atomic mass is 10.2. The second-order valence-electron chi connectivity index (χ2n) is 7.82. The van der Waals surface area contributed by atoms with Crippen LogP contribution >= 0.6 is 34.4 Å². The van der Waals surface area contributed by atoms with Gasteiger partial charge in [0.1, 0.15) is 23.7 Å². The summed E-state index contributed by atoms with van der Waals surface area (Å²) in [6, 6.07) is 9.73. The number of carbonyl (C=O) groups is 4. The van der Waals surface area contributed by atoms with E-state index in [1.165, 1.54) is 26.8 Å². The third-order valence-corrected chi connectivity index (χ3v) is 8.18. The molecule has 0 spiro atoms. The first-order chi connectivity index (χ1) is 18.4. The van der Waals surface area contributed by atoms with Crippen LogP contribution in [-0.4, -0.2) is 63.9 Å². The highest BCUT2D eigenvalue weighted by molar-refractivity contribution is 8.12. The highest BCUT2D eigenvalue weighted by Gasteiger charge is 2.21. The second kappa shape index (κ2) is 11.1. The lowest BCUT2D eigenvalue weighted by molar-refractivity contribution is -0.138. The Morgan fingerprint density at radius 3 is 1.90 bits per heavy atom. The molecule has 0 aromatic carbocycles. The maximum absolute atomic E-state index is 11.5. The summed E-state index contributed by atoms with van der Waals surface area (Å²) in [5.74, 6) is -4.56. The van der Waals surface area contributed by atoms with E-state index in [1.54, 1.807) is 30.3 Å². The van der Waals surface area contributed by atoms with Gasteiger partial charge in [-0.3, -0.25) is 19.0 Å². The first-order valence-electron chi connectivity index (χ1n) is 10.8. The Morgan fingerprint density at radius 1 is 0.795 bits per heavy atom. The van der Waals surface area contributed by atoms with Crippen molar-refractivity contribution in [2.45, 2.75) is 13.1 Å². The first kappa shape index (κ1) is 27.6. The molecule has 12 nitrogen and oxygen atoms in total. The van der Waals surface area contributed by atoms with Gasteiger partial charge in [-0.05, 0) is 36.4 Å². The highest BCUT2D eigenvalue weighted by atomic mass is 32.2. The molecule has 0 fully saturated rings. The summed E-state index contributed by atoms with van der Waals surface area (Å²) in [6.07, 6.45) is 0. The molecule has 4 rings (SSSR count). The highest BCUT2D eigenvalue weighted by Crippen LogP contribution is 2.39. The van der Waals surface area contributed by atoms with Gasteiger partial charge in [-0.15, -0.1) is 22.7 Å². The number of carboxylic acid groups (broad SMARTS) is 4. The molecule has 39 heavy (non-hydrogen) atoms. The summed E-state index contributed by atoms with van der Waals surface area (Å²) >= 11 is 3.05. The van der Waals surface area contributed by atoms with E-state index >= 15 is 0 Å². The minimum absolute atomic E-state index is 0.118. The van der Waals surface area contributed by atoms with Crippen LogP contribution in [0.1, 0.15) is 15.4 Å². The molecule has 4 aromatic heterocycles. The normalized spacial score (nSPS) is 10.9. The fourth-order valence-corrected chi connectivity index (χ4v) is 5.87.